The van der Waals surface area contributed by atoms with Gasteiger partial charge in [-0.3, -0.25) is 4.40 Å². The van der Waals surface area contributed by atoms with Gasteiger partial charge in [-0.1, -0.05) is 25.1 Å². The summed E-state index contributed by atoms with van der Waals surface area (Å²) in [6.07, 6.45) is 5.47. The molecule has 0 bridgehead atoms. The Bertz CT molecular complexity index is 897. The molecule has 3 heterocycles. The molecule has 29 heavy (non-hydrogen) atoms. The molecule has 0 amide bonds. The van der Waals surface area contributed by atoms with Crippen molar-refractivity contribution in [3.05, 3.63) is 47.2 Å². The van der Waals surface area contributed by atoms with Crippen LogP contribution < -0.4 is 10.6 Å². The molecule has 0 atom stereocenters. The van der Waals surface area contributed by atoms with Crippen LogP contribution in [0.1, 0.15) is 50.0 Å². The Morgan fingerprint density at radius 3 is 2.76 bits per heavy atom. The third-order valence-electron chi connectivity index (χ3n) is 4.60. The number of hydrogen-bond donors (Lipinski definition) is 2. The second kappa shape index (κ2) is 11.7. The van der Waals surface area contributed by atoms with Crippen LogP contribution in [0.3, 0.4) is 0 Å². The van der Waals surface area contributed by atoms with Gasteiger partial charge in [-0.2, -0.15) is 0 Å². The van der Waals surface area contributed by atoms with Gasteiger partial charge >= 0.3 is 0 Å². The summed E-state index contributed by atoms with van der Waals surface area (Å²) in [4.78, 5) is 4.72. The van der Waals surface area contributed by atoms with E-state index >= 15 is 0 Å². The minimum Gasteiger partial charge on any atom is -0.361 e. The minimum atomic E-state index is 0. The zero-order valence-corrected chi connectivity index (χ0v) is 19.6. The Hall–Kier alpha value is -2.17. The van der Waals surface area contributed by atoms with Gasteiger partial charge in [0.1, 0.15) is 11.6 Å². The molecule has 9 heteroatoms. The second-order valence-corrected chi connectivity index (χ2v) is 6.51. The molecule has 0 aromatic carbocycles. The van der Waals surface area contributed by atoms with Gasteiger partial charge < -0.3 is 15.2 Å². The lowest BCUT2D eigenvalue weighted by Gasteiger charge is -2.11. The number of hydrogen-bond acceptors (Lipinski definition) is 5. The van der Waals surface area contributed by atoms with E-state index in [1.165, 1.54) is 0 Å². The van der Waals surface area contributed by atoms with Gasteiger partial charge in [-0.25, -0.2) is 4.99 Å². The number of guanidine groups is 1. The molecule has 3 aromatic rings. The Kier molecular flexibility index (Phi) is 9.36. The lowest BCUT2D eigenvalue weighted by molar-refractivity contribution is 0.380. The lowest BCUT2D eigenvalue weighted by atomic mass is 10.1. The summed E-state index contributed by atoms with van der Waals surface area (Å²) < 4.78 is 7.46. The molecule has 0 radical (unpaired) electrons. The molecule has 0 saturated carbocycles. The third kappa shape index (κ3) is 5.91. The van der Waals surface area contributed by atoms with E-state index < -0.39 is 0 Å². The van der Waals surface area contributed by atoms with Crippen LogP contribution in [-0.4, -0.2) is 38.8 Å². The maximum absolute atomic E-state index is 5.43. The van der Waals surface area contributed by atoms with Crippen LogP contribution in [0.2, 0.25) is 0 Å². The zero-order chi connectivity index (χ0) is 19.8. The predicted molar refractivity (Wildman–Crippen MR) is 125 cm³/mol. The first-order valence-corrected chi connectivity index (χ1v) is 10.0. The van der Waals surface area contributed by atoms with Gasteiger partial charge in [-0.15, -0.1) is 34.2 Å². The van der Waals surface area contributed by atoms with Crippen molar-refractivity contribution in [2.75, 3.05) is 13.1 Å². The Balaban J connectivity index is 0.00000300. The smallest absolute Gasteiger partial charge is 0.191 e. The van der Waals surface area contributed by atoms with Gasteiger partial charge in [0.05, 0.1) is 12.2 Å². The van der Waals surface area contributed by atoms with E-state index in [9.17, 15) is 0 Å². The average molecular weight is 511 g/mol. The van der Waals surface area contributed by atoms with Gasteiger partial charge in [0.15, 0.2) is 11.6 Å². The van der Waals surface area contributed by atoms with E-state index in [2.05, 4.69) is 46.8 Å². The van der Waals surface area contributed by atoms with Crippen molar-refractivity contribution in [3.63, 3.8) is 0 Å². The first kappa shape index (κ1) is 23.1. The molecule has 3 aromatic heterocycles. The molecule has 0 aliphatic heterocycles. The maximum atomic E-state index is 5.43. The summed E-state index contributed by atoms with van der Waals surface area (Å²) in [7, 11) is 0. The predicted octanol–water partition coefficient (Wildman–Crippen LogP) is 3.15. The van der Waals surface area contributed by atoms with Crippen molar-refractivity contribution in [2.45, 2.75) is 53.0 Å². The van der Waals surface area contributed by atoms with Crippen LogP contribution in [0, 0.1) is 0 Å². The van der Waals surface area contributed by atoms with Crippen LogP contribution in [0.4, 0.5) is 0 Å². The van der Waals surface area contributed by atoms with Gasteiger partial charge in [0.2, 0.25) is 0 Å². The highest BCUT2D eigenvalue weighted by atomic mass is 127. The summed E-state index contributed by atoms with van der Waals surface area (Å²) >= 11 is 0. The van der Waals surface area contributed by atoms with Crippen LogP contribution >= 0.6 is 24.0 Å². The number of aliphatic imine (C=N–C) groups is 1. The van der Waals surface area contributed by atoms with Crippen LogP contribution in [0.15, 0.2) is 33.9 Å². The first-order chi connectivity index (χ1) is 13.8. The lowest BCUT2D eigenvalue weighted by Crippen LogP contribution is -2.38. The Morgan fingerprint density at radius 2 is 2.00 bits per heavy atom. The largest absolute Gasteiger partial charge is 0.361 e. The van der Waals surface area contributed by atoms with E-state index in [-0.39, 0.29) is 24.0 Å². The van der Waals surface area contributed by atoms with Crippen LogP contribution in [0.25, 0.3) is 5.65 Å². The van der Waals surface area contributed by atoms with Gasteiger partial charge in [0, 0.05) is 37.7 Å². The van der Waals surface area contributed by atoms with Crippen molar-refractivity contribution in [1.82, 2.24) is 30.4 Å². The molecule has 0 fully saturated rings. The number of aryl methyl sites for hydroxylation is 3. The molecular weight excluding hydrogens is 481 g/mol. The topological polar surface area (TPSA) is 92.6 Å². The molecule has 2 N–H and O–H groups in total. The zero-order valence-electron chi connectivity index (χ0n) is 17.3. The molecule has 8 nitrogen and oxygen atoms in total. The summed E-state index contributed by atoms with van der Waals surface area (Å²) in [6.45, 7) is 8.41. The van der Waals surface area contributed by atoms with Crippen molar-refractivity contribution in [1.29, 1.82) is 0 Å². The molecule has 0 unspecified atom stereocenters. The number of pyridine rings is 1. The molecule has 158 valence electrons. The summed E-state index contributed by atoms with van der Waals surface area (Å²) in [5.41, 5.74) is 2.99. The fraction of sp³-hybridized carbons (Fsp3) is 0.500. The fourth-order valence-corrected chi connectivity index (χ4v) is 3.13. The van der Waals surface area contributed by atoms with Gasteiger partial charge in [0.25, 0.3) is 0 Å². The molecule has 3 rings (SSSR count). The third-order valence-corrected chi connectivity index (χ3v) is 4.60. The SMILES string of the molecule is CCNC(=NCc1c(CC)noc1CC)NCCCc1nnc2ccccn12.I. The monoisotopic (exact) mass is 511 g/mol. The molecule has 0 saturated heterocycles. The molecule has 0 aliphatic carbocycles. The standard InChI is InChI=1S/C20H29N7O.HI/c1-4-16-15(17(5-2)28-26-16)14-23-20(21-6-3)22-12-9-11-19-25-24-18-10-7-8-13-27(18)19;/h7-8,10,13H,4-6,9,11-12,14H2,1-3H3,(H2,21,22,23);1H. The van der Waals surface area contributed by atoms with Crippen molar-refractivity contribution < 1.29 is 4.52 Å². The fourth-order valence-electron chi connectivity index (χ4n) is 3.13. The van der Waals surface area contributed by atoms with Crippen molar-refractivity contribution in [3.8, 4) is 0 Å². The average Bonchev–Trinajstić information content (AvgIpc) is 3.32. The summed E-state index contributed by atoms with van der Waals surface area (Å²) in [6, 6.07) is 5.93. The highest BCUT2D eigenvalue weighted by Gasteiger charge is 2.13. The molecule has 0 spiro atoms. The van der Waals surface area contributed by atoms with E-state index in [1.807, 2.05) is 28.8 Å². The summed E-state index contributed by atoms with van der Waals surface area (Å²) in [5, 5.41) is 19.3. The second-order valence-electron chi connectivity index (χ2n) is 6.51. The summed E-state index contributed by atoms with van der Waals surface area (Å²) in [5.74, 6) is 2.71. The quantitative estimate of drug-likeness (QED) is 0.199. The number of fused-ring (bicyclic) bond motifs is 1. The Morgan fingerprint density at radius 1 is 1.14 bits per heavy atom. The normalized spacial score (nSPS) is 11.5. The van der Waals surface area contributed by atoms with Crippen molar-refractivity contribution in [2.24, 2.45) is 4.99 Å². The van der Waals surface area contributed by atoms with Crippen molar-refractivity contribution >= 4 is 35.6 Å². The van der Waals surface area contributed by atoms with E-state index in [0.29, 0.717) is 6.54 Å². The van der Waals surface area contributed by atoms with Crippen LogP contribution in [-0.2, 0) is 25.8 Å². The van der Waals surface area contributed by atoms with E-state index in [1.54, 1.807) is 0 Å². The first-order valence-electron chi connectivity index (χ1n) is 10.0. The van der Waals surface area contributed by atoms with Gasteiger partial charge in [-0.05, 0) is 31.9 Å². The number of aromatic nitrogens is 4. The molecular formula is C20H30IN7O. The number of nitrogens with zero attached hydrogens (tertiary/aromatic N) is 5. The minimum absolute atomic E-state index is 0. The highest BCUT2D eigenvalue weighted by Crippen LogP contribution is 2.16. The number of nitrogens with one attached hydrogen (secondary N) is 2. The molecule has 0 aliphatic rings. The maximum Gasteiger partial charge on any atom is 0.191 e. The van der Waals surface area contributed by atoms with Crippen LogP contribution in [0.5, 0.6) is 0 Å². The van der Waals surface area contributed by atoms with E-state index in [4.69, 9.17) is 9.52 Å². The number of rotatable bonds is 9. The van der Waals surface area contributed by atoms with E-state index in [0.717, 1.165) is 73.2 Å². The highest BCUT2D eigenvalue weighted by molar-refractivity contribution is 14.0. The number of halogens is 1. The Labute approximate surface area is 188 Å².